The topological polar surface area (TPSA) is 72.4 Å². The third kappa shape index (κ3) is 2.61. The SMILES string of the molecule is Cc1cc(N2CCCC(CN)C2)ccc1[N+](=O)[O-]. The van der Waals surface area contributed by atoms with E-state index in [1.807, 2.05) is 12.1 Å². The van der Waals surface area contributed by atoms with Gasteiger partial charge in [0.1, 0.15) is 0 Å². The highest BCUT2D eigenvalue weighted by atomic mass is 16.6. The van der Waals surface area contributed by atoms with Crippen LogP contribution in [0.1, 0.15) is 18.4 Å². The lowest BCUT2D eigenvalue weighted by molar-refractivity contribution is -0.385. The zero-order valence-corrected chi connectivity index (χ0v) is 10.6. The molecule has 0 spiro atoms. The van der Waals surface area contributed by atoms with E-state index < -0.39 is 0 Å². The van der Waals surface area contributed by atoms with Crippen LogP contribution in [0.15, 0.2) is 18.2 Å². The van der Waals surface area contributed by atoms with Gasteiger partial charge < -0.3 is 10.6 Å². The molecular formula is C13H19N3O2. The fraction of sp³-hybridized carbons (Fsp3) is 0.538. The van der Waals surface area contributed by atoms with Crippen molar-refractivity contribution in [3.63, 3.8) is 0 Å². The third-order valence-corrected chi connectivity index (χ3v) is 3.59. The van der Waals surface area contributed by atoms with E-state index in [2.05, 4.69) is 4.90 Å². The monoisotopic (exact) mass is 249 g/mol. The number of nitro groups is 1. The average Bonchev–Trinajstić information content (AvgIpc) is 2.38. The second-order valence-electron chi connectivity index (χ2n) is 4.92. The predicted octanol–water partition coefficient (Wildman–Crippen LogP) is 2.08. The van der Waals surface area contributed by atoms with Gasteiger partial charge in [-0.2, -0.15) is 0 Å². The lowest BCUT2D eigenvalue weighted by Crippen LogP contribution is -2.38. The van der Waals surface area contributed by atoms with Crippen LogP contribution in [0.3, 0.4) is 0 Å². The van der Waals surface area contributed by atoms with Crippen molar-refractivity contribution in [2.24, 2.45) is 11.7 Å². The molecule has 5 heteroatoms. The molecule has 1 aliphatic heterocycles. The Morgan fingerprint density at radius 2 is 2.33 bits per heavy atom. The highest BCUT2D eigenvalue weighted by molar-refractivity contribution is 5.55. The van der Waals surface area contributed by atoms with Gasteiger partial charge >= 0.3 is 0 Å². The number of hydrogen-bond acceptors (Lipinski definition) is 4. The first-order valence-electron chi connectivity index (χ1n) is 6.32. The van der Waals surface area contributed by atoms with E-state index in [1.54, 1.807) is 13.0 Å². The van der Waals surface area contributed by atoms with Gasteiger partial charge in [-0.25, -0.2) is 0 Å². The minimum absolute atomic E-state index is 0.186. The van der Waals surface area contributed by atoms with Gasteiger partial charge in [-0.05, 0) is 44.4 Å². The first-order valence-corrected chi connectivity index (χ1v) is 6.32. The summed E-state index contributed by atoms with van der Waals surface area (Å²) in [4.78, 5) is 12.7. The molecule has 1 saturated heterocycles. The van der Waals surface area contributed by atoms with Crippen LogP contribution in [-0.2, 0) is 0 Å². The number of piperidine rings is 1. The second-order valence-corrected chi connectivity index (χ2v) is 4.92. The molecule has 5 nitrogen and oxygen atoms in total. The van der Waals surface area contributed by atoms with Gasteiger partial charge in [-0.1, -0.05) is 0 Å². The summed E-state index contributed by atoms with van der Waals surface area (Å²) in [6, 6.07) is 5.33. The number of rotatable bonds is 3. The largest absolute Gasteiger partial charge is 0.371 e. The van der Waals surface area contributed by atoms with Crippen molar-refractivity contribution in [1.29, 1.82) is 0 Å². The molecule has 1 atom stereocenters. The predicted molar refractivity (Wildman–Crippen MR) is 71.8 cm³/mol. The van der Waals surface area contributed by atoms with Crippen molar-refractivity contribution in [3.8, 4) is 0 Å². The average molecular weight is 249 g/mol. The Morgan fingerprint density at radius 1 is 1.56 bits per heavy atom. The Bertz CT molecular complexity index is 448. The van der Waals surface area contributed by atoms with Crippen molar-refractivity contribution in [2.45, 2.75) is 19.8 Å². The Labute approximate surface area is 107 Å². The molecule has 1 aromatic rings. The minimum atomic E-state index is -0.335. The molecule has 18 heavy (non-hydrogen) atoms. The van der Waals surface area contributed by atoms with E-state index >= 15 is 0 Å². The maximum atomic E-state index is 10.8. The molecule has 98 valence electrons. The minimum Gasteiger partial charge on any atom is -0.371 e. The van der Waals surface area contributed by atoms with Gasteiger partial charge in [0.25, 0.3) is 5.69 Å². The smallest absolute Gasteiger partial charge is 0.272 e. The zero-order chi connectivity index (χ0) is 13.1. The maximum absolute atomic E-state index is 10.8. The summed E-state index contributed by atoms with van der Waals surface area (Å²) >= 11 is 0. The number of nitrogens with two attached hydrogens (primary N) is 1. The molecule has 1 unspecified atom stereocenters. The van der Waals surface area contributed by atoms with Crippen LogP contribution in [0.4, 0.5) is 11.4 Å². The van der Waals surface area contributed by atoms with E-state index in [4.69, 9.17) is 5.73 Å². The van der Waals surface area contributed by atoms with Gasteiger partial charge in [0.15, 0.2) is 0 Å². The van der Waals surface area contributed by atoms with Gasteiger partial charge in [0.05, 0.1) is 4.92 Å². The number of aryl methyl sites for hydroxylation is 1. The molecule has 1 aromatic carbocycles. The first-order chi connectivity index (χ1) is 8.61. The second kappa shape index (κ2) is 5.35. The van der Waals surface area contributed by atoms with Crippen molar-refractivity contribution < 1.29 is 4.92 Å². The summed E-state index contributed by atoms with van der Waals surface area (Å²) in [5.41, 5.74) is 7.69. The van der Waals surface area contributed by atoms with E-state index in [0.717, 1.165) is 25.2 Å². The molecule has 0 amide bonds. The first kappa shape index (κ1) is 12.8. The highest BCUT2D eigenvalue weighted by Crippen LogP contribution is 2.27. The molecule has 2 N–H and O–H groups in total. The molecule has 1 heterocycles. The number of nitrogens with zero attached hydrogens (tertiary/aromatic N) is 2. The number of hydrogen-bond donors (Lipinski definition) is 1. The van der Waals surface area contributed by atoms with Crippen LogP contribution < -0.4 is 10.6 Å². The third-order valence-electron chi connectivity index (χ3n) is 3.59. The number of anilines is 1. The zero-order valence-electron chi connectivity index (χ0n) is 10.6. The van der Waals surface area contributed by atoms with Crippen molar-refractivity contribution in [1.82, 2.24) is 0 Å². The summed E-state index contributed by atoms with van der Waals surface area (Å²) in [5.74, 6) is 0.536. The Kier molecular flexibility index (Phi) is 3.81. The molecule has 1 aliphatic rings. The molecule has 0 bridgehead atoms. The van der Waals surface area contributed by atoms with Crippen LogP contribution in [-0.4, -0.2) is 24.6 Å². The van der Waals surface area contributed by atoms with Crippen molar-refractivity contribution in [3.05, 3.63) is 33.9 Å². The van der Waals surface area contributed by atoms with Gasteiger partial charge in [-0.15, -0.1) is 0 Å². The molecular weight excluding hydrogens is 230 g/mol. The van der Waals surface area contributed by atoms with E-state index in [0.29, 0.717) is 18.0 Å². The van der Waals surface area contributed by atoms with Crippen molar-refractivity contribution in [2.75, 3.05) is 24.5 Å². The lowest BCUT2D eigenvalue weighted by atomic mass is 9.97. The summed E-state index contributed by atoms with van der Waals surface area (Å²) in [6.07, 6.45) is 2.32. The molecule has 0 saturated carbocycles. The normalized spacial score (nSPS) is 19.9. The van der Waals surface area contributed by atoms with Gasteiger partial charge in [0, 0.05) is 30.4 Å². The summed E-state index contributed by atoms with van der Waals surface area (Å²) in [6.45, 7) is 4.45. The Morgan fingerprint density at radius 3 is 2.94 bits per heavy atom. The van der Waals surface area contributed by atoms with Crippen LogP contribution in [0.2, 0.25) is 0 Å². The van der Waals surface area contributed by atoms with Crippen LogP contribution in [0.25, 0.3) is 0 Å². The van der Waals surface area contributed by atoms with Crippen molar-refractivity contribution >= 4 is 11.4 Å². The molecule has 0 radical (unpaired) electrons. The van der Waals surface area contributed by atoms with Crippen LogP contribution in [0, 0.1) is 23.0 Å². The molecule has 0 aromatic heterocycles. The van der Waals surface area contributed by atoms with Crippen LogP contribution in [0.5, 0.6) is 0 Å². The summed E-state index contributed by atoms with van der Waals surface area (Å²) in [5, 5.41) is 10.8. The highest BCUT2D eigenvalue weighted by Gasteiger charge is 2.20. The Hall–Kier alpha value is -1.62. The van der Waals surface area contributed by atoms with E-state index in [1.165, 1.54) is 6.42 Å². The number of nitro benzene ring substituents is 1. The molecule has 0 aliphatic carbocycles. The molecule has 1 fully saturated rings. The fourth-order valence-corrected chi connectivity index (χ4v) is 2.53. The number of benzene rings is 1. The molecule has 2 rings (SSSR count). The fourth-order valence-electron chi connectivity index (χ4n) is 2.53. The lowest BCUT2D eigenvalue weighted by Gasteiger charge is -2.34. The van der Waals surface area contributed by atoms with E-state index in [-0.39, 0.29) is 10.6 Å². The quantitative estimate of drug-likeness (QED) is 0.657. The Balaban J connectivity index is 2.18. The van der Waals surface area contributed by atoms with E-state index in [9.17, 15) is 10.1 Å². The summed E-state index contributed by atoms with van der Waals surface area (Å²) < 4.78 is 0. The standard InChI is InChI=1S/C13H19N3O2/c1-10-7-12(4-5-13(10)16(17)18)15-6-2-3-11(8-14)9-15/h4-5,7,11H,2-3,6,8-9,14H2,1H3. The van der Waals surface area contributed by atoms with Crippen LogP contribution >= 0.6 is 0 Å². The van der Waals surface area contributed by atoms with Gasteiger partial charge in [0.2, 0.25) is 0 Å². The summed E-state index contributed by atoms with van der Waals surface area (Å²) in [7, 11) is 0. The maximum Gasteiger partial charge on any atom is 0.272 e. The van der Waals surface area contributed by atoms with Gasteiger partial charge in [-0.3, -0.25) is 10.1 Å².